The van der Waals surface area contributed by atoms with Crippen molar-refractivity contribution in [1.82, 2.24) is 10.6 Å². The highest BCUT2D eigenvalue weighted by Gasteiger charge is 2.28. The Bertz CT molecular complexity index is 891. The molecular weight excluding hydrogens is 410 g/mol. The number of carbonyl (C=O) groups is 1. The van der Waals surface area contributed by atoms with E-state index in [0.717, 1.165) is 19.3 Å². The van der Waals surface area contributed by atoms with Gasteiger partial charge in [0, 0.05) is 19.5 Å². The Balaban J connectivity index is 1.57. The largest absolute Gasteiger partial charge is 0.433 e. The predicted molar refractivity (Wildman–Crippen MR) is 120 cm³/mol. The summed E-state index contributed by atoms with van der Waals surface area (Å²) in [6.45, 7) is 5.23. The number of amides is 1. The monoisotopic (exact) mass is 445 g/mol. The number of furan rings is 2. The average Bonchev–Trinajstić information content (AvgIpc) is 3.37. The fourth-order valence-corrected chi connectivity index (χ4v) is 4.38. The second kappa shape index (κ2) is 11.4. The topological polar surface area (TPSA) is 121 Å². The van der Waals surface area contributed by atoms with Gasteiger partial charge in [-0.1, -0.05) is 46.0 Å². The third-order valence-electron chi connectivity index (χ3n) is 6.32. The normalized spacial score (nSPS) is 17.1. The molecule has 0 aliphatic heterocycles. The summed E-state index contributed by atoms with van der Waals surface area (Å²) in [5.41, 5.74) is -0.0437. The minimum atomic E-state index is -0.755. The summed E-state index contributed by atoms with van der Waals surface area (Å²) in [5, 5.41) is 26.5. The van der Waals surface area contributed by atoms with E-state index in [2.05, 4.69) is 30.6 Å². The van der Waals surface area contributed by atoms with Crippen LogP contribution in [0.5, 0.6) is 5.75 Å². The number of nitrogens with one attached hydrogen (secondary N) is 2. The van der Waals surface area contributed by atoms with Crippen LogP contribution in [0.3, 0.4) is 0 Å². The van der Waals surface area contributed by atoms with E-state index in [1.54, 1.807) is 6.07 Å². The van der Waals surface area contributed by atoms with E-state index in [4.69, 9.17) is 18.8 Å². The number of aliphatic hydroxyl groups excluding tert-OH is 1. The molecule has 32 heavy (non-hydrogen) atoms. The molecule has 0 saturated heterocycles. The van der Waals surface area contributed by atoms with Crippen LogP contribution in [-0.2, 0) is 0 Å². The number of hydrogen-bond donors (Lipinski definition) is 3. The number of ether oxygens (including phenoxy) is 1. The van der Waals surface area contributed by atoms with Gasteiger partial charge in [0.2, 0.25) is 0 Å². The van der Waals surface area contributed by atoms with Gasteiger partial charge in [0.15, 0.2) is 5.75 Å². The molecule has 0 aromatic carbocycles. The summed E-state index contributed by atoms with van der Waals surface area (Å²) >= 11 is 0. The third-order valence-corrected chi connectivity index (χ3v) is 6.32. The zero-order valence-electron chi connectivity index (χ0n) is 19.1. The minimum absolute atomic E-state index is 0.0437. The molecule has 1 aliphatic carbocycles. The first-order chi connectivity index (χ1) is 15.4. The Hall–Kier alpha value is -2.50. The number of hydrogen-bond acceptors (Lipinski definition) is 7. The highest BCUT2D eigenvalue weighted by atomic mass is 16.6. The van der Waals surface area contributed by atoms with Crippen LogP contribution in [0.2, 0.25) is 0 Å². The number of fused-ring (bicyclic) bond motifs is 1. The van der Waals surface area contributed by atoms with Crippen LogP contribution in [0.4, 0.5) is 4.79 Å². The lowest BCUT2D eigenvalue weighted by Crippen LogP contribution is -2.50. The molecule has 176 valence electrons. The van der Waals surface area contributed by atoms with Gasteiger partial charge in [-0.05, 0) is 30.2 Å². The van der Waals surface area contributed by atoms with Gasteiger partial charge < -0.3 is 29.3 Å². The Morgan fingerprint density at radius 3 is 2.88 bits per heavy atom. The molecule has 0 radical (unpaired) electrons. The standard InChI is InChI=1S/C24H35N3O5/c1-24(2,10-6-11-25)16-26-14-20(28)19(13-17-7-4-3-5-8-17)27-23(29)32-21-15-31-22-18(21)9-12-30-22/h9,12,15,17,19-20,26,28H,3-8,10,13-14,16H2,1-2H3,(H,27,29)/t19-,20+/m0/s1. The fraction of sp³-hybridized carbons (Fsp3) is 0.667. The van der Waals surface area contributed by atoms with Gasteiger partial charge in [-0.25, -0.2) is 4.79 Å². The van der Waals surface area contributed by atoms with E-state index in [1.807, 2.05) is 0 Å². The van der Waals surface area contributed by atoms with Crippen molar-refractivity contribution < 1.29 is 23.5 Å². The van der Waals surface area contributed by atoms with E-state index in [0.29, 0.717) is 43.0 Å². The summed E-state index contributed by atoms with van der Waals surface area (Å²) in [6.07, 6.45) is 9.30. The number of aliphatic hydroxyl groups is 1. The summed E-state index contributed by atoms with van der Waals surface area (Å²) in [4.78, 5) is 12.6. The SMILES string of the molecule is CC(C)(CCC#N)CNC[C@@H](O)[C@H](CC1CCCCC1)NC(=O)Oc1coc2occc12. The summed E-state index contributed by atoms with van der Waals surface area (Å²) in [6, 6.07) is 3.43. The van der Waals surface area contributed by atoms with Crippen molar-refractivity contribution in [3.8, 4) is 11.8 Å². The molecule has 3 N–H and O–H groups in total. The molecular formula is C24H35N3O5. The van der Waals surface area contributed by atoms with E-state index in [1.165, 1.54) is 31.8 Å². The van der Waals surface area contributed by atoms with Crippen LogP contribution in [0.25, 0.3) is 11.2 Å². The van der Waals surface area contributed by atoms with E-state index >= 15 is 0 Å². The van der Waals surface area contributed by atoms with Crippen molar-refractivity contribution >= 4 is 17.3 Å². The smallest absolute Gasteiger partial charge is 0.413 e. The summed E-state index contributed by atoms with van der Waals surface area (Å²) in [5.74, 6) is 1.06. The number of carbonyl (C=O) groups excluding carboxylic acids is 1. The second-order valence-corrected chi connectivity index (χ2v) is 9.62. The Morgan fingerprint density at radius 2 is 2.12 bits per heavy atom. The van der Waals surface area contributed by atoms with E-state index in [-0.39, 0.29) is 11.2 Å². The van der Waals surface area contributed by atoms with Gasteiger partial charge in [-0.15, -0.1) is 0 Å². The van der Waals surface area contributed by atoms with Crippen molar-refractivity contribution in [3.05, 3.63) is 18.6 Å². The molecule has 0 spiro atoms. The van der Waals surface area contributed by atoms with Gasteiger partial charge in [-0.3, -0.25) is 0 Å². The van der Waals surface area contributed by atoms with Crippen molar-refractivity contribution in [2.45, 2.75) is 77.4 Å². The molecule has 1 saturated carbocycles. The fourth-order valence-electron chi connectivity index (χ4n) is 4.38. The Kier molecular flexibility index (Phi) is 8.60. The van der Waals surface area contributed by atoms with Crippen LogP contribution in [0.1, 0.15) is 65.2 Å². The van der Waals surface area contributed by atoms with Crippen molar-refractivity contribution in [1.29, 1.82) is 5.26 Å². The van der Waals surface area contributed by atoms with Crippen molar-refractivity contribution in [2.75, 3.05) is 13.1 Å². The number of nitriles is 1. The molecule has 1 aliphatic rings. The summed E-state index contributed by atoms with van der Waals surface area (Å²) in [7, 11) is 0. The third kappa shape index (κ3) is 7.01. The van der Waals surface area contributed by atoms with Gasteiger partial charge in [0.05, 0.1) is 24.5 Å². The maximum Gasteiger partial charge on any atom is 0.413 e. The Morgan fingerprint density at radius 1 is 1.34 bits per heavy atom. The maximum atomic E-state index is 12.6. The van der Waals surface area contributed by atoms with Gasteiger partial charge in [0.25, 0.3) is 0 Å². The molecule has 1 amide bonds. The summed E-state index contributed by atoms with van der Waals surface area (Å²) < 4.78 is 15.8. The maximum absolute atomic E-state index is 12.6. The molecule has 1 fully saturated rings. The van der Waals surface area contributed by atoms with E-state index in [9.17, 15) is 9.90 Å². The molecule has 8 nitrogen and oxygen atoms in total. The lowest BCUT2D eigenvalue weighted by Gasteiger charge is -2.31. The van der Waals surface area contributed by atoms with Crippen LogP contribution >= 0.6 is 0 Å². The lowest BCUT2D eigenvalue weighted by atomic mass is 9.83. The van der Waals surface area contributed by atoms with Crippen LogP contribution in [0.15, 0.2) is 27.4 Å². The van der Waals surface area contributed by atoms with Crippen LogP contribution in [-0.4, -0.2) is 36.4 Å². The average molecular weight is 446 g/mol. The minimum Gasteiger partial charge on any atom is -0.433 e. The highest BCUT2D eigenvalue weighted by Crippen LogP contribution is 2.30. The molecule has 2 heterocycles. The first-order valence-corrected chi connectivity index (χ1v) is 11.6. The first-order valence-electron chi connectivity index (χ1n) is 11.6. The zero-order valence-corrected chi connectivity index (χ0v) is 19.1. The lowest BCUT2D eigenvalue weighted by molar-refractivity contribution is 0.101. The Labute approximate surface area is 189 Å². The zero-order chi connectivity index (χ0) is 23.0. The predicted octanol–water partition coefficient (Wildman–Crippen LogP) is 4.73. The van der Waals surface area contributed by atoms with Crippen LogP contribution < -0.4 is 15.4 Å². The molecule has 0 unspecified atom stereocenters. The first kappa shape index (κ1) is 24.1. The number of rotatable bonds is 11. The molecule has 2 atom stereocenters. The number of nitrogens with zero attached hydrogens (tertiary/aromatic N) is 1. The van der Waals surface area contributed by atoms with Crippen LogP contribution in [0, 0.1) is 22.7 Å². The van der Waals surface area contributed by atoms with Gasteiger partial charge in [0.1, 0.15) is 11.6 Å². The highest BCUT2D eigenvalue weighted by molar-refractivity contribution is 5.83. The molecule has 2 aromatic heterocycles. The molecule has 3 rings (SSSR count). The van der Waals surface area contributed by atoms with Gasteiger partial charge >= 0.3 is 11.9 Å². The molecule has 2 aromatic rings. The molecule has 0 bridgehead atoms. The quantitative estimate of drug-likeness (QED) is 0.457. The van der Waals surface area contributed by atoms with Gasteiger partial charge in [-0.2, -0.15) is 5.26 Å². The second-order valence-electron chi connectivity index (χ2n) is 9.62. The van der Waals surface area contributed by atoms with Crippen molar-refractivity contribution in [2.24, 2.45) is 11.3 Å². The molecule has 8 heteroatoms. The van der Waals surface area contributed by atoms with Crippen molar-refractivity contribution in [3.63, 3.8) is 0 Å². The van der Waals surface area contributed by atoms with E-state index < -0.39 is 18.2 Å².